The van der Waals surface area contributed by atoms with Crippen LogP contribution in [0.4, 0.5) is 0 Å². The molecule has 0 aromatic rings. The van der Waals surface area contributed by atoms with Gasteiger partial charge in [-0.1, -0.05) is 0 Å². The van der Waals surface area contributed by atoms with E-state index in [0.717, 1.165) is 26.1 Å². The van der Waals surface area contributed by atoms with E-state index in [2.05, 4.69) is 22.5 Å². The third kappa shape index (κ3) is 3.64. The zero-order valence-corrected chi connectivity index (χ0v) is 9.34. The Morgan fingerprint density at radius 2 is 2.21 bits per heavy atom. The maximum absolute atomic E-state index is 11.5. The second-order valence-corrected chi connectivity index (χ2v) is 4.36. The smallest absolute Gasteiger partial charge is 0.225 e. The molecule has 0 aromatic carbocycles. The summed E-state index contributed by atoms with van der Waals surface area (Å²) in [5.41, 5.74) is 0. The van der Waals surface area contributed by atoms with E-state index in [1.165, 1.54) is 0 Å². The highest BCUT2D eigenvalue weighted by molar-refractivity contribution is 5.80. The summed E-state index contributed by atoms with van der Waals surface area (Å²) in [6, 6.07) is 0.283. The van der Waals surface area contributed by atoms with Crippen molar-refractivity contribution >= 4 is 5.91 Å². The van der Waals surface area contributed by atoms with Gasteiger partial charge in [-0.25, -0.2) is 0 Å². The van der Waals surface area contributed by atoms with Crippen LogP contribution < -0.4 is 10.6 Å². The van der Waals surface area contributed by atoms with Gasteiger partial charge in [0.1, 0.15) is 0 Å². The van der Waals surface area contributed by atoms with Gasteiger partial charge in [-0.3, -0.25) is 4.79 Å². The molecule has 0 spiro atoms. The number of rotatable bonds is 5. The quantitative estimate of drug-likeness (QED) is 0.637. The lowest BCUT2D eigenvalue weighted by molar-refractivity contribution is -0.127. The van der Waals surface area contributed by atoms with Gasteiger partial charge in [-0.2, -0.15) is 0 Å². The summed E-state index contributed by atoms with van der Waals surface area (Å²) in [5, 5.41) is 6.13. The molecule has 1 fully saturated rings. The molecular weight excluding hydrogens is 178 g/mol. The standard InChI is InChI=1S/C10H21N3O/c1-8(4-5-13(2)3)12-10(14)9-6-11-7-9/h8-9,11H,4-7H2,1-3H3,(H,12,14). The van der Waals surface area contributed by atoms with E-state index >= 15 is 0 Å². The summed E-state index contributed by atoms with van der Waals surface area (Å²) >= 11 is 0. The first-order valence-electron chi connectivity index (χ1n) is 5.25. The van der Waals surface area contributed by atoms with Gasteiger partial charge in [0, 0.05) is 19.1 Å². The Morgan fingerprint density at radius 1 is 1.57 bits per heavy atom. The average molecular weight is 199 g/mol. The molecule has 4 heteroatoms. The minimum atomic E-state index is 0.204. The van der Waals surface area contributed by atoms with Crippen molar-refractivity contribution in [3.05, 3.63) is 0 Å². The van der Waals surface area contributed by atoms with Crippen molar-refractivity contribution in [2.75, 3.05) is 33.7 Å². The minimum Gasteiger partial charge on any atom is -0.353 e. The molecule has 0 aromatic heterocycles. The second kappa shape index (κ2) is 5.32. The molecule has 0 saturated carbocycles. The van der Waals surface area contributed by atoms with E-state index in [-0.39, 0.29) is 17.9 Å². The molecule has 82 valence electrons. The van der Waals surface area contributed by atoms with Crippen LogP contribution in [0.3, 0.4) is 0 Å². The van der Waals surface area contributed by atoms with Crippen molar-refractivity contribution < 1.29 is 4.79 Å². The summed E-state index contributed by atoms with van der Waals surface area (Å²) in [5.74, 6) is 0.409. The van der Waals surface area contributed by atoms with Gasteiger partial charge < -0.3 is 15.5 Å². The van der Waals surface area contributed by atoms with E-state index < -0.39 is 0 Å². The third-order valence-electron chi connectivity index (χ3n) is 2.55. The molecular formula is C10H21N3O. The number of hydrogen-bond donors (Lipinski definition) is 2. The number of amides is 1. The fourth-order valence-electron chi connectivity index (χ4n) is 1.36. The van der Waals surface area contributed by atoms with Crippen LogP contribution in [0.25, 0.3) is 0 Å². The van der Waals surface area contributed by atoms with Crippen molar-refractivity contribution in [3.63, 3.8) is 0 Å². The maximum Gasteiger partial charge on any atom is 0.225 e. The lowest BCUT2D eigenvalue weighted by Crippen LogP contribution is -2.52. The molecule has 1 unspecified atom stereocenters. The molecule has 1 amide bonds. The molecule has 1 rings (SSSR count). The van der Waals surface area contributed by atoms with Gasteiger partial charge in [0.05, 0.1) is 5.92 Å². The van der Waals surface area contributed by atoms with Crippen molar-refractivity contribution in [1.29, 1.82) is 0 Å². The Kier molecular flexibility index (Phi) is 4.35. The van der Waals surface area contributed by atoms with E-state index in [9.17, 15) is 4.79 Å². The van der Waals surface area contributed by atoms with Gasteiger partial charge in [-0.05, 0) is 34.0 Å². The highest BCUT2D eigenvalue weighted by atomic mass is 16.2. The fourth-order valence-corrected chi connectivity index (χ4v) is 1.36. The summed E-state index contributed by atoms with van der Waals surface area (Å²) < 4.78 is 0. The first-order chi connectivity index (χ1) is 6.59. The molecule has 1 aliphatic rings. The van der Waals surface area contributed by atoms with Gasteiger partial charge >= 0.3 is 0 Å². The maximum atomic E-state index is 11.5. The normalized spacial score (nSPS) is 19.1. The second-order valence-electron chi connectivity index (χ2n) is 4.36. The highest BCUT2D eigenvalue weighted by Gasteiger charge is 2.25. The molecule has 0 radical (unpaired) electrons. The number of nitrogens with zero attached hydrogens (tertiary/aromatic N) is 1. The highest BCUT2D eigenvalue weighted by Crippen LogP contribution is 2.03. The largest absolute Gasteiger partial charge is 0.353 e. The monoisotopic (exact) mass is 199 g/mol. The lowest BCUT2D eigenvalue weighted by atomic mass is 10.0. The number of hydrogen-bond acceptors (Lipinski definition) is 3. The Bertz CT molecular complexity index is 190. The molecule has 0 bridgehead atoms. The molecule has 0 aliphatic carbocycles. The summed E-state index contributed by atoms with van der Waals surface area (Å²) in [4.78, 5) is 13.6. The predicted octanol–water partition coefficient (Wildman–Crippen LogP) is -0.338. The fraction of sp³-hybridized carbons (Fsp3) is 0.900. The third-order valence-corrected chi connectivity index (χ3v) is 2.55. The van der Waals surface area contributed by atoms with Crippen LogP contribution in [0.15, 0.2) is 0 Å². The van der Waals surface area contributed by atoms with E-state index in [0.29, 0.717) is 0 Å². The van der Waals surface area contributed by atoms with Gasteiger partial charge in [0.2, 0.25) is 5.91 Å². The van der Waals surface area contributed by atoms with Crippen LogP contribution >= 0.6 is 0 Å². The molecule has 4 nitrogen and oxygen atoms in total. The van der Waals surface area contributed by atoms with E-state index in [1.807, 2.05) is 14.1 Å². The zero-order valence-electron chi connectivity index (χ0n) is 9.34. The van der Waals surface area contributed by atoms with E-state index in [4.69, 9.17) is 0 Å². The molecule has 1 atom stereocenters. The van der Waals surface area contributed by atoms with Crippen LogP contribution in [0.1, 0.15) is 13.3 Å². The van der Waals surface area contributed by atoms with Crippen LogP contribution in [0.2, 0.25) is 0 Å². The molecule has 14 heavy (non-hydrogen) atoms. The minimum absolute atomic E-state index is 0.204. The Labute approximate surface area is 86.0 Å². The van der Waals surface area contributed by atoms with Crippen molar-refractivity contribution in [1.82, 2.24) is 15.5 Å². The van der Waals surface area contributed by atoms with Gasteiger partial charge in [-0.15, -0.1) is 0 Å². The van der Waals surface area contributed by atoms with Crippen LogP contribution in [0.5, 0.6) is 0 Å². The summed E-state index contributed by atoms with van der Waals surface area (Å²) in [6.07, 6.45) is 1.01. The Hall–Kier alpha value is -0.610. The predicted molar refractivity (Wildman–Crippen MR) is 57.1 cm³/mol. The number of carbonyl (C=O) groups excluding carboxylic acids is 1. The van der Waals surface area contributed by atoms with Gasteiger partial charge in [0.15, 0.2) is 0 Å². The van der Waals surface area contributed by atoms with Crippen molar-refractivity contribution in [2.45, 2.75) is 19.4 Å². The van der Waals surface area contributed by atoms with Crippen LogP contribution in [-0.4, -0.2) is 50.6 Å². The molecule has 2 N–H and O–H groups in total. The van der Waals surface area contributed by atoms with Crippen LogP contribution in [-0.2, 0) is 4.79 Å². The molecule has 1 saturated heterocycles. The summed E-state index contributed by atoms with van der Waals surface area (Å²) in [7, 11) is 4.09. The summed E-state index contributed by atoms with van der Waals surface area (Å²) in [6.45, 7) is 4.76. The van der Waals surface area contributed by atoms with Gasteiger partial charge in [0.25, 0.3) is 0 Å². The first kappa shape index (κ1) is 11.5. The lowest BCUT2D eigenvalue weighted by Gasteiger charge is -2.27. The first-order valence-corrected chi connectivity index (χ1v) is 5.25. The zero-order chi connectivity index (χ0) is 10.6. The van der Waals surface area contributed by atoms with Crippen molar-refractivity contribution in [3.8, 4) is 0 Å². The number of carbonyl (C=O) groups is 1. The SMILES string of the molecule is CC(CCN(C)C)NC(=O)C1CNC1. The Morgan fingerprint density at radius 3 is 2.64 bits per heavy atom. The average Bonchev–Trinajstić information content (AvgIpc) is 1.97. The van der Waals surface area contributed by atoms with Crippen LogP contribution in [0, 0.1) is 5.92 Å². The van der Waals surface area contributed by atoms with E-state index in [1.54, 1.807) is 0 Å². The molecule has 1 aliphatic heterocycles. The number of nitrogens with one attached hydrogen (secondary N) is 2. The topological polar surface area (TPSA) is 44.4 Å². The Balaban J connectivity index is 2.12. The van der Waals surface area contributed by atoms with Crippen molar-refractivity contribution in [2.24, 2.45) is 5.92 Å². The molecule has 1 heterocycles.